The largest absolute Gasteiger partial charge is 0.206 e. The van der Waals surface area contributed by atoms with Gasteiger partial charge in [0, 0.05) is 0 Å². The summed E-state index contributed by atoms with van der Waals surface area (Å²) in [7, 11) is 0. The monoisotopic (exact) mass is 132 g/mol. The van der Waals surface area contributed by atoms with Gasteiger partial charge >= 0.3 is 0 Å². The van der Waals surface area contributed by atoms with Crippen molar-refractivity contribution in [3.05, 3.63) is 11.5 Å². The third kappa shape index (κ3) is 3.56. The van der Waals surface area contributed by atoms with Gasteiger partial charge in [-0.1, -0.05) is 17.2 Å². The molecule has 4 heteroatoms. The summed E-state index contributed by atoms with van der Waals surface area (Å²) in [6.07, 6.45) is 1.82. The summed E-state index contributed by atoms with van der Waals surface area (Å²) in [5.74, 6) is 0. The van der Waals surface area contributed by atoms with Crippen molar-refractivity contribution in [2.45, 2.75) is 0 Å². The molecule has 0 aliphatic rings. The van der Waals surface area contributed by atoms with Gasteiger partial charge in [-0.15, -0.1) is 0 Å². The maximum Gasteiger partial charge on any atom is 0.206 e. The Bertz CT molecular complexity index is 104. The molecule has 0 aromatic heterocycles. The minimum absolute atomic E-state index is 0.523. The van der Waals surface area contributed by atoms with Crippen LogP contribution in [0.3, 0.4) is 0 Å². The van der Waals surface area contributed by atoms with Crippen LogP contribution in [-0.4, -0.2) is 10.6 Å². The molecule has 0 radical (unpaired) electrons. The normalized spacial score (nSPS) is 6.86. The molecule has 0 aliphatic heterocycles. The maximum absolute atomic E-state index is 6.25. The van der Waals surface area contributed by atoms with Crippen LogP contribution in [0.2, 0.25) is 0 Å². The van der Waals surface area contributed by atoms with Crippen molar-refractivity contribution in [3.8, 4) is 0 Å². The molecule has 1 N–H and O–H groups in total. The van der Waals surface area contributed by atoms with Gasteiger partial charge in [-0.3, -0.25) is 0 Å². The quantitative estimate of drug-likeness (QED) is 0.301. The zero-order valence-corrected chi connectivity index (χ0v) is 5.40. The fraction of sp³-hybridized carbons (Fsp3) is 0.333. The van der Waals surface area contributed by atoms with E-state index in [1.165, 1.54) is 11.8 Å². The predicted octanol–water partition coefficient (Wildman–Crippen LogP) is 1.06. The SMILES string of the molecule is [C-]#[N+]NC(=S)SC. The second kappa shape index (κ2) is 3.90. The highest BCUT2D eigenvalue weighted by Crippen LogP contribution is 1.91. The van der Waals surface area contributed by atoms with Crippen molar-refractivity contribution >= 4 is 28.3 Å². The second-order valence-electron chi connectivity index (χ2n) is 0.715. The number of hydrogen-bond donors (Lipinski definition) is 1. The Labute approximate surface area is 52.1 Å². The molecule has 0 saturated carbocycles. The number of thioether (sulfide) groups is 1. The Morgan fingerprint density at radius 1 is 2.00 bits per heavy atom. The Hall–Kier alpha value is -0.270. The molecule has 0 aliphatic carbocycles. The van der Waals surface area contributed by atoms with Crippen LogP contribution in [0.5, 0.6) is 0 Å². The van der Waals surface area contributed by atoms with E-state index in [1.54, 1.807) is 0 Å². The molecule has 0 fully saturated rings. The van der Waals surface area contributed by atoms with Crippen molar-refractivity contribution in [2.24, 2.45) is 0 Å². The molecular formula is C3H4N2S2. The van der Waals surface area contributed by atoms with Crippen molar-refractivity contribution in [3.63, 3.8) is 0 Å². The van der Waals surface area contributed by atoms with E-state index in [4.69, 9.17) is 6.57 Å². The van der Waals surface area contributed by atoms with Gasteiger partial charge in [-0.2, -0.15) is 11.5 Å². The third-order valence-electron chi connectivity index (χ3n) is 0.333. The summed E-state index contributed by atoms with van der Waals surface area (Å²) in [5, 5.41) is 0. The summed E-state index contributed by atoms with van der Waals surface area (Å²) in [4.78, 5) is 2.84. The van der Waals surface area contributed by atoms with Gasteiger partial charge < -0.3 is 0 Å². The highest BCUT2D eigenvalue weighted by atomic mass is 32.2. The van der Waals surface area contributed by atoms with Crippen LogP contribution < -0.4 is 5.43 Å². The van der Waals surface area contributed by atoms with Crippen molar-refractivity contribution < 1.29 is 0 Å². The molecule has 0 unspecified atom stereocenters. The lowest BCUT2D eigenvalue weighted by Crippen LogP contribution is -2.05. The van der Waals surface area contributed by atoms with E-state index in [2.05, 4.69) is 22.6 Å². The molecule has 0 bridgehead atoms. The molecule has 0 atom stereocenters. The van der Waals surface area contributed by atoms with E-state index in [9.17, 15) is 0 Å². The molecule has 0 spiro atoms. The summed E-state index contributed by atoms with van der Waals surface area (Å²) in [5.41, 5.74) is 2.28. The van der Waals surface area contributed by atoms with Gasteiger partial charge in [0.25, 0.3) is 0 Å². The summed E-state index contributed by atoms with van der Waals surface area (Å²) in [6.45, 7) is 6.25. The van der Waals surface area contributed by atoms with Crippen LogP contribution in [0.25, 0.3) is 4.95 Å². The molecule has 0 aromatic carbocycles. The van der Waals surface area contributed by atoms with E-state index >= 15 is 0 Å². The standard InChI is InChI=1S/C3H4N2S2/c1-4-5-3(6)7-2/h2H3,(H,5,6). The third-order valence-corrected chi connectivity index (χ3v) is 1.39. The molecule has 0 rings (SSSR count). The Morgan fingerprint density at radius 3 is 2.71 bits per heavy atom. The highest BCUT2D eigenvalue weighted by molar-refractivity contribution is 8.22. The van der Waals surface area contributed by atoms with Crippen molar-refractivity contribution in [1.82, 2.24) is 5.43 Å². The van der Waals surface area contributed by atoms with Gasteiger partial charge in [-0.05, 0) is 18.5 Å². The van der Waals surface area contributed by atoms with Gasteiger partial charge in [0.05, 0.1) is 0 Å². The summed E-state index contributed by atoms with van der Waals surface area (Å²) < 4.78 is 0.523. The van der Waals surface area contributed by atoms with Crippen LogP contribution >= 0.6 is 24.0 Å². The minimum Gasteiger partial charge on any atom is -0.184 e. The number of rotatable bonds is 0. The predicted molar refractivity (Wildman–Crippen MR) is 35.9 cm³/mol. The van der Waals surface area contributed by atoms with E-state index in [0.717, 1.165) is 0 Å². The molecule has 38 valence electrons. The van der Waals surface area contributed by atoms with Crippen LogP contribution in [-0.2, 0) is 0 Å². The van der Waals surface area contributed by atoms with E-state index in [0.29, 0.717) is 4.32 Å². The first kappa shape index (κ1) is 6.73. The first-order chi connectivity index (χ1) is 3.31. The minimum atomic E-state index is 0.523. The first-order valence-corrected chi connectivity index (χ1v) is 3.15. The van der Waals surface area contributed by atoms with Gasteiger partial charge in [0.2, 0.25) is 4.32 Å². The second-order valence-corrected chi connectivity index (χ2v) is 2.20. The molecule has 7 heavy (non-hydrogen) atoms. The van der Waals surface area contributed by atoms with Crippen LogP contribution in [0.4, 0.5) is 0 Å². The molecule has 0 aromatic rings. The Balaban J connectivity index is 3.23. The van der Waals surface area contributed by atoms with Crippen molar-refractivity contribution in [1.29, 1.82) is 0 Å². The maximum atomic E-state index is 6.25. The van der Waals surface area contributed by atoms with Gasteiger partial charge in [0.1, 0.15) is 0 Å². The molecule has 0 amide bonds. The highest BCUT2D eigenvalue weighted by Gasteiger charge is 1.87. The van der Waals surface area contributed by atoms with Crippen LogP contribution in [0, 0.1) is 6.57 Å². The molecular weight excluding hydrogens is 128 g/mol. The average molecular weight is 132 g/mol. The Morgan fingerprint density at radius 2 is 2.57 bits per heavy atom. The zero-order chi connectivity index (χ0) is 5.70. The smallest absolute Gasteiger partial charge is 0.184 e. The lowest BCUT2D eigenvalue weighted by atomic mass is 11.4. The number of thiocarbonyl (C=S) groups is 1. The number of nitrogens with one attached hydrogen (secondary N) is 1. The Kier molecular flexibility index (Phi) is 3.75. The van der Waals surface area contributed by atoms with E-state index in [-0.39, 0.29) is 0 Å². The number of hydrogen-bond acceptors (Lipinski definition) is 2. The van der Waals surface area contributed by atoms with Gasteiger partial charge in [-0.25, -0.2) is 0 Å². The fourth-order valence-electron chi connectivity index (χ4n) is 0.0913. The fourth-order valence-corrected chi connectivity index (χ4v) is 0.274. The average Bonchev–Trinajstić information content (AvgIpc) is 1.68. The summed E-state index contributed by atoms with van der Waals surface area (Å²) >= 11 is 5.95. The molecule has 0 heterocycles. The lowest BCUT2D eigenvalue weighted by Gasteiger charge is -1.83. The lowest BCUT2D eigenvalue weighted by molar-refractivity contribution is 1.34. The van der Waals surface area contributed by atoms with Gasteiger partial charge in [0.15, 0.2) is 0 Å². The zero-order valence-electron chi connectivity index (χ0n) is 3.76. The molecule has 0 saturated heterocycles. The first-order valence-electron chi connectivity index (χ1n) is 1.51. The topological polar surface area (TPSA) is 16.4 Å². The number of nitrogens with zero attached hydrogens (tertiary/aromatic N) is 1. The van der Waals surface area contributed by atoms with Crippen LogP contribution in [0.1, 0.15) is 0 Å². The van der Waals surface area contributed by atoms with Crippen LogP contribution in [0.15, 0.2) is 0 Å². The molecule has 2 nitrogen and oxygen atoms in total. The van der Waals surface area contributed by atoms with E-state index in [1.807, 2.05) is 6.26 Å². The summed E-state index contributed by atoms with van der Waals surface area (Å²) in [6, 6.07) is 0. The van der Waals surface area contributed by atoms with Crippen molar-refractivity contribution in [2.75, 3.05) is 6.26 Å². The van der Waals surface area contributed by atoms with E-state index < -0.39 is 0 Å².